The smallest absolute Gasteiger partial charge is 0.335 e. The Morgan fingerprint density at radius 2 is 1.76 bits per heavy atom. The number of hydrogen-bond acceptors (Lipinski definition) is 3. The standard InChI is InChI=1S/C14H12FNO4S/c1-9-2-5-11(8-13(9)15)16-21(19,20)12-6-3-10(4-7-12)14(17)18/h2-8,16H,1H3,(H,17,18). The van der Waals surface area contributed by atoms with E-state index in [9.17, 15) is 17.6 Å². The van der Waals surface area contributed by atoms with E-state index < -0.39 is 21.8 Å². The third kappa shape index (κ3) is 3.38. The molecule has 2 aromatic rings. The predicted octanol–water partition coefficient (Wildman–Crippen LogP) is 2.63. The van der Waals surface area contributed by atoms with Crippen LogP contribution in [0, 0.1) is 12.7 Å². The Bertz CT molecular complexity index is 785. The summed E-state index contributed by atoms with van der Waals surface area (Å²) in [4.78, 5) is 10.6. The van der Waals surface area contributed by atoms with E-state index in [1.165, 1.54) is 36.4 Å². The van der Waals surface area contributed by atoms with Crippen molar-refractivity contribution in [1.29, 1.82) is 0 Å². The topological polar surface area (TPSA) is 83.5 Å². The third-order valence-electron chi connectivity index (χ3n) is 2.84. The summed E-state index contributed by atoms with van der Waals surface area (Å²) in [5, 5.41) is 8.76. The fraction of sp³-hybridized carbons (Fsp3) is 0.0714. The lowest BCUT2D eigenvalue weighted by atomic mass is 10.2. The van der Waals surface area contributed by atoms with Crippen LogP contribution in [-0.2, 0) is 10.0 Å². The number of hydrogen-bond donors (Lipinski definition) is 2. The molecule has 0 bridgehead atoms. The summed E-state index contributed by atoms with van der Waals surface area (Å²) in [6.07, 6.45) is 0. The zero-order valence-corrected chi connectivity index (χ0v) is 11.8. The number of benzene rings is 2. The molecule has 0 saturated carbocycles. The summed E-state index contributed by atoms with van der Waals surface area (Å²) in [7, 11) is -3.90. The van der Waals surface area contributed by atoms with Gasteiger partial charge in [-0.25, -0.2) is 17.6 Å². The SMILES string of the molecule is Cc1ccc(NS(=O)(=O)c2ccc(C(=O)O)cc2)cc1F. The summed E-state index contributed by atoms with van der Waals surface area (Å²) in [5.74, 6) is -1.66. The van der Waals surface area contributed by atoms with Crippen molar-refractivity contribution in [3.8, 4) is 0 Å². The molecular formula is C14H12FNO4S. The van der Waals surface area contributed by atoms with Gasteiger partial charge in [0, 0.05) is 0 Å². The van der Waals surface area contributed by atoms with Gasteiger partial charge in [0.2, 0.25) is 0 Å². The molecule has 0 amide bonds. The van der Waals surface area contributed by atoms with Crippen molar-refractivity contribution in [3.05, 3.63) is 59.4 Å². The van der Waals surface area contributed by atoms with Crippen LogP contribution in [0.4, 0.5) is 10.1 Å². The van der Waals surface area contributed by atoms with Gasteiger partial charge in [0.1, 0.15) is 5.82 Å². The van der Waals surface area contributed by atoms with Crippen LogP contribution in [0.2, 0.25) is 0 Å². The molecule has 2 rings (SSSR count). The average molecular weight is 309 g/mol. The van der Waals surface area contributed by atoms with E-state index in [-0.39, 0.29) is 16.1 Å². The largest absolute Gasteiger partial charge is 0.478 e. The minimum absolute atomic E-state index is 0.0182. The average Bonchev–Trinajstić information content (AvgIpc) is 2.43. The normalized spacial score (nSPS) is 11.1. The molecule has 0 heterocycles. The first kappa shape index (κ1) is 15.0. The lowest BCUT2D eigenvalue weighted by molar-refractivity contribution is 0.0696. The molecule has 0 unspecified atom stereocenters. The Morgan fingerprint density at radius 1 is 1.14 bits per heavy atom. The first-order chi connectivity index (χ1) is 9.79. The Hall–Kier alpha value is -2.41. The second-order valence-corrected chi connectivity index (χ2v) is 6.08. The zero-order valence-electron chi connectivity index (χ0n) is 11.0. The second kappa shape index (κ2) is 5.53. The molecule has 0 aliphatic rings. The van der Waals surface area contributed by atoms with E-state index in [4.69, 9.17) is 5.11 Å². The van der Waals surface area contributed by atoms with Crippen molar-refractivity contribution < 1.29 is 22.7 Å². The van der Waals surface area contributed by atoms with Crippen LogP contribution in [0.3, 0.4) is 0 Å². The first-order valence-electron chi connectivity index (χ1n) is 5.92. The number of carbonyl (C=O) groups is 1. The van der Waals surface area contributed by atoms with Gasteiger partial charge >= 0.3 is 5.97 Å². The Labute approximate surface area is 121 Å². The number of carboxylic acids is 1. The van der Waals surface area contributed by atoms with Crippen LogP contribution in [0.25, 0.3) is 0 Å². The maximum Gasteiger partial charge on any atom is 0.335 e. The Morgan fingerprint density at radius 3 is 2.29 bits per heavy atom. The van der Waals surface area contributed by atoms with Crippen molar-refractivity contribution in [2.75, 3.05) is 4.72 Å². The molecule has 2 N–H and O–H groups in total. The number of rotatable bonds is 4. The van der Waals surface area contributed by atoms with Crippen molar-refractivity contribution in [2.45, 2.75) is 11.8 Å². The number of carboxylic acid groups (broad SMARTS) is 1. The fourth-order valence-corrected chi connectivity index (χ4v) is 2.70. The van der Waals surface area contributed by atoms with Crippen molar-refractivity contribution >= 4 is 21.7 Å². The van der Waals surface area contributed by atoms with E-state index in [1.54, 1.807) is 6.92 Å². The fourth-order valence-electron chi connectivity index (χ4n) is 1.65. The Kier molecular flexibility index (Phi) is 3.95. The molecule has 0 atom stereocenters. The number of anilines is 1. The van der Waals surface area contributed by atoms with Crippen LogP contribution in [0.15, 0.2) is 47.4 Å². The number of sulfonamides is 1. The minimum atomic E-state index is -3.90. The second-order valence-electron chi connectivity index (χ2n) is 4.40. The summed E-state index contributed by atoms with van der Waals surface area (Å²) in [6.45, 7) is 1.57. The van der Waals surface area contributed by atoms with Crippen molar-refractivity contribution in [2.24, 2.45) is 0 Å². The molecule has 5 nitrogen and oxygen atoms in total. The molecular weight excluding hydrogens is 297 g/mol. The van der Waals surface area contributed by atoms with Crippen LogP contribution in [-0.4, -0.2) is 19.5 Å². The van der Waals surface area contributed by atoms with E-state index in [0.717, 1.165) is 6.07 Å². The van der Waals surface area contributed by atoms with Crippen molar-refractivity contribution in [1.82, 2.24) is 0 Å². The number of nitrogens with one attached hydrogen (secondary N) is 1. The molecule has 21 heavy (non-hydrogen) atoms. The van der Waals surface area contributed by atoms with Crippen LogP contribution < -0.4 is 4.72 Å². The van der Waals surface area contributed by atoms with Crippen LogP contribution >= 0.6 is 0 Å². The molecule has 7 heteroatoms. The van der Waals surface area contributed by atoms with E-state index >= 15 is 0 Å². The van der Waals surface area contributed by atoms with Gasteiger partial charge in [-0.3, -0.25) is 4.72 Å². The van der Waals surface area contributed by atoms with E-state index in [0.29, 0.717) is 5.56 Å². The highest BCUT2D eigenvalue weighted by Gasteiger charge is 2.15. The highest BCUT2D eigenvalue weighted by molar-refractivity contribution is 7.92. The number of halogens is 1. The molecule has 0 aliphatic carbocycles. The van der Waals surface area contributed by atoms with Gasteiger partial charge in [0.25, 0.3) is 10.0 Å². The van der Waals surface area contributed by atoms with E-state index in [2.05, 4.69) is 4.72 Å². The number of aromatic carboxylic acids is 1. The maximum absolute atomic E-state index is 13.4. The molecule has 0 radical (unpaired) electrons. The van der Waals surface area contributed by atoms with Crippen LogP contribution in [0.1, 0.15) is 15.9 Å². The van der Waals surface area contributed by atoms with Gasteiger partial charge in [0.05, 0.1) is 16.1 Å². The highest BCUT2D eigenvalue weighted by Crippen LogP contribution is 2.19. The van der Waals surface area contributed by atoms with Gasteiger partial charge in [-0.1, -0.05) is 6.07 Å². The molecule has 0 aliphatic heterocycles. The predicted molar refractivity (Wildman–Crippen MR) is 75.3 cm³/mol. The third-order valence-corrected chi connectivity index (χ3v) is 4.23. The zero-order chi connectivity index (χ0) is 15.6. The van der Waals surface area contributed by atoms with E-state index in [1.807, 2.05) is 0 Å². The summed E-state index contributed by atoms with van der Waals surface area (Å²) in [5.41, 5.74) is 0.486. The first-order valence-corrected chi connectivity index (χ1v) is 7.40. The number of aryl methyl sites for hydroxylation is 1. The van der Waals surface area contributed by atoms with Gasteiger partial charge < -0.3 is 5.11 Å². The monoisotopic (exact) mass is 309 g/mol. The molecule has 0 spiro atoms. The highest BCUT2D eigenvalue weighted by atomic mass is 32.2. The minimum Gasteiger partial charge on any atom is -0.478 e. The van der Waals surface area contributed by atoms with Gasteiger partial charge in [0.15, 0.2) is 0 Å². The molecule has 2 aromatic carbocycles. The van der Waals surface area contributed by atoms with Crippen molar-refractivity contribution in [3.63, 3.8) is 0 Å². The quantitative estimate of drug-likeness (QED) is 0.909. The molecule has 0 saturated heterocycles. The van der Waals surface area contributed by atoms with Crippen LogP contribution in [0.5, 0.6) is 0 Å². The summed E-state index contributed by atoms with van der Waals surface area (Å²) in [6, 6.07) is 8.71. The van der Waals surface area contributed by atoms with Gasteiger partial charge in [-0.2, -0.15) is 0 Å². The van der Waals surface area contributed by atoms with Gasteiger partial charge in [-0.05, 0) is 48.9 Å². The maximum atomic E-state index is 13.4. The molecule has 110 valence electrons. The molecule has 0 aromatic heterocycles. The summed E-state index contributed by atoms with van der Waals surface area (Å²) >= 11 is 0. The lowest BCUT2D eigenvalue weighted by Crippen LogP contribution is -2.13. The van der Waals surface area contributed by atoms with Gasteiger partial charge in [-0.15, -0.1) is 0 Å². The summed E-state index contributed by atoms with van der Waals surface area (Å²) < 4.78 is 39.8. The molecule has 0 fully saturated rings. The Balaban J connectivity index is 2.29. The lowest BCUT2D eigenvalue weighted by Gasteiger charge is -2.09.